The van der Waals surface area contributed by atoms with Gasteiger partial charge in [0.15, 0.2) is 17.6 Å². The molecule has 0 aliphatic rings. The number of anilines is 2. The molecule has 2 aromatic carbocycles. The number of aromatic nitrogens is 2. The Morgan fingerprint density at radius 1 is 1.00 bits per heavy atom. The van der Waals surface area contributed by atoms with Crippen LogP contribution in [0.5, 0.6) is 17.2 Å². The van der Waals surface area contributed by atoms with Crippen LogP contribution in [0, 0.1) is 0 Å². The Kier molecular flexibility index (Phi) is 6.84. The molecule has 0 bridgehead atoms. The molecule has 3 aromatic rings. The van der Waals surface area contributed by atoms with Crippen molar-refractivity contribution >= 4 is 32.4 Å². The van der Waals surface area contributed by atoms with E-state index in [1.165, 1.54) is 27.6 Å². The molecule has 0 aliphatic heterocycles. The van der Waals surface area contributed by atoms with Gasteiger partial charge in [0.05, 0.1) is 30.3 Å². The van der Waals surface area contributed by atoms with Crippen LogP contribution in [0.25, 0.3) is 10.9 Å². The smallest absolute Gasteiger partial charge is 0.425 e. The number of halogens is 3. The van der Waals surface area contributed by atoms with E-state index < -0.39 is 22.3 Å². The van der Waals surface area contributed by atoms with Crippen molar-refractivity contribution in [2.45, 2.75) is 24.1 Å². The van der Waals surface area contributed by atoms with Crippen LogP contribution in [-0.2, 0) is 10.0 Å². The standard InChI is InChI=1S/C20H21F3N4O5S/c1-11(20(21,22)23)32-16-6-5-12(33(28,29)24-2)7-15(16)27-19-13-8-17(30-3)18(31-4)9-14(13)25-10-26-19/h5-11,24H,1-4H3,(H,25,26,27). The fraction of sp³-hybridized carbons (Fsp3) is 0.300. The van der Waals surface area contributed by atoms with E-state index in [1.807, 2.05) is 0 Å². The average molecular weight is 486 g/mol. The lowest BCUT2D eigenvalue weighted by Crippen LogP contribution is -2.31. The summed E-state index contributed by atoms with van der Waals surface area (Å²) in [4.78, 5) is 8.14. The Morgan fingerprint density at radius 3 is 2.27 bits per heavy atom. The van der Waals surface area contributed by atoms with Crippen LogP contribution in [-0.4, -0.2) is 51.9 Å². The SMILES string of the molecule is CNS(=O)(=O)c1ccc(OC(C)C(F)(F)F)c(Nc2ncnc3cc(OC)c(OC)cc23)c1. The topological polar surface area (TPSA) is 112 Å². The highest BCUT2D eigenvalue weighted by molar-refractivity contribution is 7.89. The molecule has 0 fully saturated rings. The molecule has 13 heteroatoms. The first-order valence-corrected chi connectivity index (χ1v) is 10.9. The molecule has 1 atom stereocenters. The van der Waals surface area contributed by atoms with Crippen molar-refractivity contribution in [3.05, 3.63) is 36.7 Å². The van der Waals surface area contributed by atoms with Gasteiger partial charge in [0.2, 0.25) is 10.0 Å². The second kappa shape index (κ2) is 9.27. The van der Waals surface area contributed by atoms with E-state index in [0.717, 1.165) is 25.1 Å². The van der Waals surface area contributed by atoms with Crippen LogP contribution < -0.4 is 24.2 Å². The van der Waals surface area contributed by atoms with Gasteiger partial charge >= 0.3 is 6.18 Å². The molecule has 0 aliphatic carbocycles. The largest absolute Gasteiger partial charge is 0.493 e. The summed E-state index contributed by atoms with van der Waals surface area (Å²) < 4.78 is 81.5. The van der Waals surface area contributed by atoms with Crippen LogP contribution in [0.2, 0.25) is 0 Å². The predicted octanol–water partition coefficient (Wildman–Crippen LogP) is 3.63. The molecular formula is C20H21F3N4O5S. The normalized spacial score (nSPS) is 12.9. The Morgan fingerprint density at radius 2 is 1.67 bits per heavy atom. The summed E-state index contributed by atoms with van der Waals surface area (Å²) in [5, 5.41) is 3.32. The molecule has 0 amide bonds. The second-order valence-electron chi connectivity index (χ2n) is 6.74. The third-order valence-electron chi connectivity index (χ3n) is 4.69. The molecule has 1 heterocycles. The van der Waals surface area contributed by atoms with Gasteiger partial charge in [0.1, 0.15) is 17.9 Å². The zero-order valence-corrected chi connectivity index (χ0v) is 18.8. The minimum absolute atomic E-state index is 0.0443. The molecule has 33 heavy (non-hydrogen) atoms. The van der Waals surface area contributed by atoms with Crippen molar-refractivity contribution < 1.29 is 35.8 Å². The first-order chi connectivity index (χ1) is 15.5. The average Bonchev–Trinajstić information content (AvgIpc) is 2.78. The lowest BCUT2D eigenvalue weighted by molar-refractivity contribution is -0.189. The van der Waals surface area contributed by atoms with Crippen LogP contribution in [0.1, 0.15) is 6.92 Å². The maximum absolute atomic E-state index is 13.1. The molecule has 1 aromatic heterocycles. The molecule has 1 unspecified atom stereocenters. The first-order valence-electron chi connectivity index (χ1n) is 9.45. The predicted molar refractivity (Wildman–Crippen MR) is 115 cm³/mol. The van der Waals surface area contributed by atoms with Gasteiger partial charge in [-0.1, -0.05) is 0 Å². The summed E-state index contributed by atoms with van der Waals surface area (Å²) in [6.07, 6.45) is -5.53. The monoisotopic (exact) mass is 486 g/mol. The van der Waals surface area contributed by atoms with E-state index in [-0.39, 0.29) is 22.2 Å². The summed E-state index contributed by atoms with van der Waals surface area (Å²) in [5.74, 6) is 0.753. The van der Waals surface area contributed by atoms with Gasteiger partial charge in [0, 0.05) is 11.5 Å². The highest BCUT2D eigenvalue weighted by Crippen LogP contribution is 2.37. The minimum atomic E-state index is -4.63. The van der Waals surface area contributed by atoms with E-state index >= 15 is 0 Å². The van der Waals surface area contributed by atoms with Crippen LogP contribution in [0.3, 0.4) is 0 Å². The second-order valence-corrected chi connectivity index (χ2v) is 8.63. The fourth-order valence-corrected chi connectivity index (χ4v) is 3.62. The fourth-order valence-electron chi connectivity index (χ4n) is 2.86. The number of rotatable bonds is 8. The van der Waals surface area contributed by atoms with Gasteiger partial charge in [-0.15, -0.1) is 0 Å². The van der Waals surface area contributed by atoms with Crippen molar-refractivity contribution in [1.29, 1.82) is 0 Å². The molecule has 0 spiro atoms. The highest BCUT2D eigenvalue weighted by atomic mass is 32.2. The first kappa shape index (κ1) is 24.3. The maximum Gasteiger partial charge on any atom is 0.425 e. The van der Waals surface area contributed by atoms with Crippen molar-refractivity contribution in [1.82, 2.24) is 14.7 Å². The molecule has 9 nitrogen and oxygen atoms in total. The summed E-state index contributed by atoms with van der Waals surface area (Å²) in [6.45, 7) is 0.846. The van der Waals surface area contributed by atoms with Crippen molar-refractivity contribution in [2.24, 2.45) is 0 Å². The number of methoxy groups -OCH3 is 2. The van der Waals surface area contributed by atoms with E-state index in [4.69, 9.17) is 14.2 Å². The Balaban J connectivity index is 2.14. The van der Waals surface area contributed by atoms with E-state index in [1.54, 1.807) is 12.1 Å². The number of sulfonamides is 1. The van der Waals surface area contributed by atoms with Gasteiger partial charge in [-0.25, -0.2) is 23.1 Å². The lowest BCUT2D eigenvalue weighted by Gasteiger charge is -2.21. The summed E-state index contributed by atoms with van der Waals surface area (Å²) in [5.41, 5.74) is 0.410. The number of ether oxygens (including phenoxy) is 3. The number of nitrogens with one attached hydrogen (secondary N) is 2. The minimum Gasteiger partial charge on any atom is -0.493 e. The molecule has 0 saturated carbocycles. The zero-order chi connectivity index (χ0) is 24.4. The lowest BCUT2D eigenvalue weighted by atomic mass is 10.2. The molecule has 0 saturated heterocycles. The third-order valence-corrected chi connectivity index (χ3v) is 6.10. The molecule has 0 radical (unpaired) electrons. The number of nitrogens with zero attached hydrogens (tertiary/aromatic N) is 2. The van der Waals surface area contributed by atoms with Gasteiger partial charge in [-0.05, 0) is 38.2 Å². The highest BCUT2D eigenvalue weighted by Gasteiger charge is 2.38. The summed E-state index contributed by atoms with van der Waals surface area (Å²) in [7, 11) is 0.236. The Labute approximate surface area is 187 Å². The van der Waals surface area contributed by atoms with Crippen LogP contribution >= 0.6 is 0 Å². The van der Waals surface area contributed by atoms with Gasteiger partial charge in [-0.3, -0.25) is 0 Å². The molecule has 2 N–H and O–H groups in total. The van der Waals surface area contributed by atoms with E-state index in [2.05, 4.69) is 20.0 Å². The number of hydrogen-bond donors (Lipinski definition) is 2. The summed E-state index contributed by atoms with van der Waals surface area (Å²) >= 11 is 0. The van der Waals surface area contributed by atoms with Crippen molar-refractivity contribution in [3.63, 3.8) is 0 Å². The number of alkyl halides is 3. The maximum atomic E-state index is 13.1. The van der Waals surface area contributed by atoms with Crippen molar-refractivity contribution in [3.8, 4) is 17.2 Å². The van der Waals surface area contributed by atoms with Gasteiger partial charge in [-0.2, -0.15) is 13.2 Å². The van der Waals surface area contributed by atoms with Crippen LogP contribution in [0.15, 0.2) is 41.6 Å². The van der Waals surface area contributed by atoms with Crippen molar-refractivity contribution in [2.75, 3.05) is 26.6 Å². The third kappa shape index (κ3) is 5.20. The molecular weight excluding hydrogens is 465 g/mol. The van der Waals surface area contributed by atoms with E-state index in [0.29, 0.717) is 22.4 Å². The van der Waals surface area contributed by atoms with E-state index in [9.17, 15) is 21.6 Å². The molecule has 178 valence electrons. The van der Waals surface area contributed by atoms with Gasteiger partial charge in [0.25, 0.3) is 0 Å². The number of benzene rings is 2. The quantitative estimate of drug-likeness (QED) is 0.497. The Bertz CT molecular complexity index is 1270. The molecule has 3 rings (SSSR count). The zero-order valence-electron chi connectivity index (χ0n) is 18.0. The number of hydrogen-bond acceptors (Lipinski definition) is 8. The Hall–Kier alpha value is -3.32. The summed E-state index contributed by atoms with van der Waals surface area (Å²) in [6, 6.07) is 6.62. The van der Waals surface area contributed by atoms with Gasteiger partial charge < -0.3 is 19.5 Å². The number of fused-ring (bicyclic) bond motifs is 1. The van der Waals surface area contributed by atoms with Crippen LogP contribution in [0.4, 0.5) is 24.7 Å².